The summed E-state index contributed by atoms with van der Waals surface area (Å²) in [6.45, 7) is 1.65. The van der Waals surface area contributed by atoms with Gasteiger partial charge in [-0.1, -0.05) is 17.7 Å². The van der Waals surface area contributed by atoms with Crippen LogP contribution in [0.25, 0.3) is 0 Å². The molecule has 0 unspecified atom stereocenters. The minimum atomic E-state index is -4.49. The predicted octanol–water partition coefficient (Wildman–Crippen LogP) is 4.19. The van der Waals surface area contributed by atoms with Gasteiger partial charge in [-0.2, -0.15) is 18.4 Å². The molecule has 3 rings (SSSR count). The lowest BCUT2D eigenvalue weighted by Gasteiger charge is -2.36. The quantitative estimate of drug-likeness (QED) is 0.768. The summed E-state index contributed by atoms with van der Waals surface area (Å²) in [5.41, 5.74) is 0.0561. The predicted molar refractivity (Wildman–Crippen MR) is 95.7 cm³/mol. The molecule has 1 amide bonds. The number of hydrogen-bond acceptors (Lipinski definition) is 3. The SMILES string of the molecule is N#Cc1cc(C(F)(F)F)ccc1N1CCN(C(=O)c2cccc(Cl)c2)CC1. The first kappa shape index (κ1) is 19.1. The molecule has 1 aliphatic heterocycles. The molecule has 8 heteroatoms. The first-order chi connectivity index (χ1) is 12.8. The molecule has 4 nitrogen and oxygen atoms in total. The third-order valence-electron chi connectivity index (χ3n) is 4.42. The fourth-order valence-electron chi connectivity index (χ4n) is 3.03. The average molecular weight is 394 g/mol. The van der Waals surface area contributed by atoms with Crippen LogP contribution in [0.2, 0.25) is 5.02 Å². The molecule has 0 spiro atoms. The number of alkyl halides is 3. The van der Waals surface area contributed by atoms with Crippen LogP contribution in [0, 0.1) is 11.3 Å². The molecule has 2 aromatic carbocycles. The van der Waals surface area contributed by atoms with Crippen molar-refractivity contribution in [3.05, 3.63) is 64.2 Å². The van der Waals surface area contributed by atoms with Gasteiger partial charge in [0.1, 0.15) is 6.07 Å². The number of nitrogens with zero attached hydrogens (tertiary/aromatic N) is 3. The lowest BCUT2D eigenvalue weighted by molar-refractivity contribution is -0.137. The second-order valence-corrected chi connectivity index (χ2v) is 6.57. The minimum absolute atomic E-state index is 0.0283. The number of rotatable bonds is 2. The Kier molecular flexibility index (Phi) is 5.29. The first-order valence-corrected chi connectivity index (χ1v) is 8.58. The molecule has 0 saturated carbocycles. The maximum atomic E-state index is 12.8. The van der Waals surface area contributed by atoms with Crippen LogP contribution in [-0.4, -0.2) is 37.0 Å². The molecule has 0 bridgehead atoms. The van der Waals surface area contributed by atoms with Crippen molar-refractivity contribution in [1.82, 2.24) is 4.90 Å². The van der Waals surface area contributed by atoms with Gasteiger partial charge in [-0.3, -0.25) is 4.79 Å². The van der Waals surface area contributed by atoms with Gasteiger partial charge in [0.2, 0.25) is 0 Å². The van der Waals surface area contributed by atoms with Crippen molar-refractivity contribution in [3.63, 3.8) is 0 Å². The normalized spacial score (nSPS) is 14.8. The molecule has 2 aromatic rings. The summed E-state index contributed by atoms with van der Waals surface area (Å²) in [5.74, 6) is -0.148. The van der Waals surface area contributed by atoms with E-state index in [1.807, 2.05) is 11.0 Å². The first-order valence-electron chi connectivity index (χ1n) is 8.21. The van der Waals surface area contributed by atoms with E-state index in [9.17, 15) is 23.2 Å². The lowest BCUT2D eigenvalue weighted by atomic mass is 10.1. The Balaban J connectivity index is 1.72. The van der Waals surface area contributed by atoms with Gasteiger partial charge in [-0.15, -0.1) is 0 Å². The summed E-state index contributed by atoms with van der Waals surface area (Å²) in [6, 6.07) is 11.7. The van der Waals surface area contributed by atoms with Crippen LogP contribution in [-0.2, 0) is 6.18 Å². The Morgan fingerprint density at radius 1 is 1.07 bits per heavy atom. The summed E-state index contributed by atoms with van der Waals surface area (Å²) in [7, 11) is 0. The number of amides is 1. The minimum Gasteiger partial charge on any atom is -0.367 e. The summed E-state index contributed by atoms with van der Waals surface area (Å²) in [5, 5.41) is 9.71. The zero-order valence-electron chi connectivity index (χ0n) is 14.1. The Hall–Kier alpha value is -2.72. The van der Waals surface area contributed by atoms with Gasteiger partial charge in [0.15, 0.2) is 0 Å². The van der Waals surface area contributed by atoms with Gasteiger partial charge in [0.25, 0.3) is 5.91 Å². The number of benzene rings is 2. The third-order valence-corrected chi connectivity index (χ3v) is 4.66. The smallest absolute Gasteiger partial charge is 0.367 e. The van der Waals surface area contributed by atoms with Gasteiger partial charge < -0.3 is 9.80 Å². The maximum absolute atomic E-state index is 12.8. The third kappa shape index (κ3) is 4.17. The number of hydrogen-bond donors (Lipinski definition) is 0. The van der Waals surface area contributed by atoms with E-state index in [1.54, 1.807) is 29.2 Å². The lowest BCUT2D eigenvalue weighted by Crippen LogP contribution is -2.49. The standard InChI is InChI=1S/C19H15ClF3N3O/c20-16-3-1-2-13(11-16)18(27)26-8-6-25(7-9-26)17-5-4-15(19(21,22)23)10-14(17)12-24/h1-5,10-11H,6-9H2. The van der Waals surface area contributed by atoms with Crippen LogP contribution in [0.3, 0.4) is 0 Å². The Morgan fingerprint density at radius 3 is 2.37 bits per heavy atom. The van der Waals surface area contributed by atoms with Crippen molar-refractivity contribution in [2.45, 2.75) is 6.18 Å². The van der Waals surface area contributed by atoms with E-state index >= 15 is 0 Å². The highest BCUT2D eigenvalue weighted by molar-refractivity contribution is 6.30. The number of nitriles is 1. The number of anilines is 1. The van der Waals surface area contributed by atoms with E-state index in [1.165, 1.54) is 6.07 Å². The fraction of sp³-hybridized carbons (Fsp3) is 0.263. The summed E-state index contributed by atoms with van der Waals surface area (Å²) < 4.78 is 38.5. The molecule has 0 aliphatic carbocycles. The molecule has 0 atom stereocenters. The Labute approximate surface area is 159 Å². The topological polar surface area (TPSA) is 47.3 Å². The van der Waals surface area contributed by atoms with Crippen LogP contribution < -0.4 is 4.90 Å². The molecule has 0 N–H and O–H groups in total. The van der Waals surface area contributed by atoms with Crippen LogP contribution in [0.4, 0.5) is 18.9 Å². The highest BCUT2D eigenvalue weighted by Gasteiger charge is 2.32. The Bertz CT molecular complexity index is 900. The molecular weight excluding hydrogens is 379 g/mol. The van der Waals surface area contributed by atoms with Crippen molar-refractivity contribution < 1.29 is 18.0 Å². The van der Waals surface area contributed by atoms with Gasteiger partial charge in [0, 0.05) is 36.8 Å². The van der Waals surface area contributed by atoms with Gasteiger partial charge in [-0.05, 0) is 36.4 Å². The summed E-state index contributed by atoms with van der Waals surface area (Å²) >= 11 is 5.92. The van der Waals surface area contributed by atoms with E-state index in [4.69, 9.17) is 11.6 Å². The van der Waals surface area contributed by atoms with E-state index in [0.29, 0.717) is 42.5 Å². The van der Waals surface area contributed by atoms with Gasteiger partial charge in [0.05, 0.1) is 16.8 Å². The zero-order valence-corrected chi connectivity index (χ0v) is 14.9. The molecule has 0 radical (unpaired) electrons. The van der Waals surface area contributed by atoms with Crippen molar-refractivity contribution in [2.24, 2.45) is 0 Å². The van der Waals surface area contributed by atoms with E-state index in [0.717, 1.165) is 12.1 Å². The highest BCUT2D eigenvalue weighted by Crippen LogP contribution is 2.33. The van der Waals surface area contributed by atoms with E-state index < -0.39 is 11.7 Å². The largest absolute Gasteiger partial charge is 0.416 e. The van der Waals surface area contributed by atoms with Gasteiger partial charge in [-0.25, -0.2) is 0 Å². The summed E-state index contributed by atoms with van der Waals surface area (Å²) in [6.07, 6.45) is -4.49. The van der Waals surface area contributed by atoms with Crippen molar-refractivity contribution >= 4 is 23.2 Å². The van der Waals surface area contributed by atoms with Crippen LogP contribution in [0.15, 0.2) is 42.5 Å². The van der Waals surface area contributed by atoms with Crippen molar-refractivity contribution in [3.8, 4) is 6.07 Å². The summed E-state index contributed by atoms with van der Waals surface area (Å²) in [4.78, 5) is 16.0. The number of carbonyl (C=O) groups is 1. The van der Waals surface area contributed by atoms with Crippen LogP contribution in [0.5, 0.6) is 0 Å². The molecule has 0 aromatic heterocycles. The number of halogens is 4. The molecule has 1 fully saturated rings. The van der Waals surface area contributed by atoms with Crippen molar-refractivity contribution in [2.75, 3.05) is 31.1 Å². The highest BCUT2D eigenvalue weighted by atomic mass is 35.5. The van der Waals surface area contributed by atoms with Crippen molar-refractivity contribution in [1.29, 1.82) is 5.26 Å². The van der Waals surface area contributed by atoms with E-state index in [-0.39, 0.29) is 11.5 Å². The molecule has 1 heterocycles. The molecule has 140 valence electrons. The second kappa shape index (κ2) is 7.49. The number of carbonyl (C=O) groups excluding carboxylic acids is 1. The Morgan fingerprint density at radius 2 is 1.78 bits per heavy atom. The molecular formula is C19H15ClF3N3O. The van der Waals surface area contributed by atoms with E-state index in [2.05, 4.69) is 0 Å². The number of piperazine rings is 1. The molecule has 1 aliphatic rings. The monoisotopic (exact) mass is 393 g/mol. The average Bonchev–Trinajstić information content (AvgIpc) is 2.66. The fourth-order valence-corrected chi connectivity index (χ4v) is 3.22. The van der Waals surface area contributed by atoms with Crippen LogP contribution in [0.1, 0.15) is 21.5 Å². The van der Waals surface area contributed by atoms with Gasteiger partial charge >= 0.3 is 6.18 Å². The maximum Gasteiger partial charge on any atom is 0.416 e. The zero-order chi connectivity index (χ0) is 19.6. The van der Waals surface area contributed by atoms with Crippen LogP contribution >= 0.6 is 11.6 Å². The molecule has 27 heavy (non-hydrogen) atoms. The molecule has 1 saturated heterocycles. The second-order valence-electron chi connectivity index (χ2n) is 6.13.